The minimum absolute atomic E-state index is 0.579. The van der Waals surface area contributed by atoms with Crippen LogP contribution in [-0.4, -0.2) is 11.1 Å². The Balaban J connectivity index is 2.38. The molecule has 0 spiro atoms. The molecule has 0 heterocycles. The lowest BCUT2D eigenvalue weighted by Crippen LogP contribution is -2.20. The molecule has 0 aliphatic rings. The van der Waals surface area contributed by atoms with E-state index in [-0.39, 0.29) is 0 Å². The van der Waals surface area contributed by atoms with Crippen molar-refractivity contribution in [1.82, 2.24) is 0 Å². The molecule has 0 aliphatic carbocycles. The average Bonchev–Trinajstić information content (AvgIpc) is 2.38. The summed E-state index contributed by atoms with van der Waals surface area (Å²) in [5.74, 6) is -1.04. The Bertz CT molecular complexity index is 566. The molecule has 0 aromatic heterocycles. The van der Waals surface area contributed by atoms with Gasteiger partial charge in [-0.1, -0.05) is 41.9 Å². The van der Waals surface area contributed by atoms with Gasteiger partial charge in [-0.25, -0.2) is 0 Å². The van der Waals surface area contributed by atoms with E-state index in [1.54, 1.807) is 30.3 Å². The van der Waals surface area contributed by atoms with E-state index in [1.165, 1.54) is 0 Å². The second kappa shape index (κ2) is 5.21. The lowest BCUT2D eigenvalue weighted by molar-refractivity contribution is -0.138. The molecule has 0 fully saturated rings. The van der Waals surface area contributed by atoms with Gasteiger partial charge < -0.3 is 10.8 Å². The Hall–Kier alpha value is -1.84. The molecule has 2 aromatic rings. The maximum absolute atomic E-state index is 10.8. The van der Waals surface area contributed by atoms with Gasteiger partial charge in [-0.3, -0.25) is 4.79 Å². The molecule has 4 heteroatoms. The predicted octanol–water partition coefficient (Wildman–Crippen LogP) is 3.09. The van der Waals surface area contributed by atoms with Crippen molar-refractivity contribution in [3.8, 4) is 11.1 Å². The highest BCUT2D eigenvalue weighted by Gasteiger charge is 2.14. The lowest BCUT2D eigenvalue weighted by Gasteiger charge is -2.09. The van der Waals surface area contributed by atoms with Gasteiger partial charge in [0.25, 0.3) is 0 Å². The van der Waals surface area contributed by atoms with Crippen LogP contribution in [0.25, 0.3) is 11.1 Å². The van der Waals surface area contributed by atoms with Gasteiger partial charge in [0, 0.05) is 5.02 Å². The van der Waals surface area contributed by atoms with Crippen molar-refractivity contribution in [2.75, 3.05) is 0 Å². The number of rotatable bonds is 3. The normalized spacial score (nSPS) is 12.1. The smallest absolute Gasteiger partial charge is 0.325 e. The van der Waals surface area contributed by atoms with Crippen LogP contribution in [-0.2, 0) is 4.79 Å². The summed E-state index contributed by atoms with van der Waals surface area (Å²) in [6.45, 7) is 0. The van der Waals surface area contributed by atoms with Crippen molar-refractivity contribution in [2.24, 2.45) is 5.73 Å². The van der Waals surface area contributed by atoms with E-state index in [2.05, 4.69) is 0 Å². The molecule has 0 aliphatic heterocycles. The van der Waals surface area contributed by atoms with Gasteiger partial charge in [-0.2, -0.15) is 0 Å². The molecule has 2 rings (SSSR count). The molecular formula is C14H12ClNO2. The van der Waals surface area contributed by atoms with Gasteiger partial charge in [-0.05, 0) is 34.9 Å². The number of halogens is 1. The fourth-order valence-electron chi connectivity index (χ4n) is 1.70. The van der Waals surface area contributed by atoms with Crippen molar-refractivity contribution in [3.63, 3.8) is 0 Å². The van der Waals surface area contributed by atoms with Crippen LogP contribution >= 0.6 is 11.6 Å². The third kappa shape index (κ3) is 2.70. The van der Waals surface area contributed by atoms with Crippen LogP contribution in [0.1, 0.15) is 11.6 Å². The van der Waals surface area contributed by atoms with E-state index in [9.17, 15) is 4.79 Å². The number of aliphatic carboxylic acids is 1. The highest BCUT2D eigenvalue weighted by atomic mass is 35.5. The van der Waals surface area contributed by atoms with Crippen LogP contribution in [0.2, 0.25) is 5.02 Å². The van der Waals surface area contributed by atoms with E-state index in [0.29, 0.717) is 10.6 Å². The number of carbonyl (C=O) groups is 1. The summed E-state index contributed by atoms with van der Waals surface area (Å²) in [7, 11) is 0. The molecule has 18 heavy (non-hydrogen) atoms. The number of hydrogen-bond acceptors (Lipinski definition) is 2. The number of benzene rings is 2. The van der Waals surface area contributed by atoms with Crippen molar-refractivity contribution in [1.29, 1.82) is 0 Å². The monoisotopic (exact) mass is 261 g/mol. The summed E-state index contributed by atoms with van der Waals surface area (Å²) in [5, 5.41) is 9.55. The summed E-state index contributed by atoms with van der Waals surface area (Å²) in [6.07, 6.45) is 0. The summed E-state index contributed by atoms with van der Waals surface area (Å²) in [6, 6.07) is 13.5. The first kappa shape index (κ1) is 12.6. The largest absolute Gasteiger partial charge is 0.480 e. The fraction of sp³-hybridized carbons (Fsp3) is 0.0714. The Morgan fingerprint density at radius 2 is 1.78 bits per heavy atom. The minimum Gasteiger partial charge on any atom is -0.480 e. The second-order valence-electron chi connectivity index (χ2n) is 3.95. The molecule has 2 aromatic carbocycles. The first-order valence-electron chi connectivity index (χ1n) is 5.42. The van der Waals surface area contributed by atoms with Crippen LogP contribution in [0.4, 0.5) is 0 Å². The van der Waals surface area contributed by atoms with Gasteiger partial charge >= 0.3 is 5.97 Å². The van der Waals surface area contributed by atoms with Crippen molar-refractivity contribution >= 4 is 17.6 Å². The molecule has 0 saturated carbocycles. The molecule has 1 atom stereocenters. The number of carboxylic acid groups (broad SMARTS) is 1. The van der Waals surface area contributed by atoms with Crippen LogP contribution in [0.15, 0.2) is 48.5 Å². The molecule has 92 valence electrons. The van der Waals surface area contributed by atoms with Crippen molar-refractivity contribution in [2.45, 2.75) is 6.04 Å². The van der Waals surface area contributed by atoms with Gasteiger partial charge in [0.1, 0.15) is 6.04 Å². The van der Waals surface area contributed by atoms with Gasteiger partial charge in [0.2, 0.25) is 0 Å². The third-order valence-corrected chi connectivity index (χ3v) is 2.94. The molecule has 0 bridgehead atoms. The summed E-state index contributed by atoms with van der Waals surface area (Å²) < 4.78 is 0. The number of hydrogen-bond donors (Lipinski definition) is 2. The molecule has 0 amide bonds. The zero-order valence-electron chi connectivity index (χ0n) is 9.51. The average molecular weight is 262 g/mol. The van der Waals surface area contributed by atoms with Crippen LogP contribution in [0.3, 0.4) is 0 Å². The lowest BCUT2D eigenvalue weighted by atomic mass is 10.00. The summed E-state index contributed by atoms with van der Waals surface area (Å²) in [5.41, 5.74) is 8.06. The molecule has 0 saturated heterocycles. The maximum atomic E-state index is 10.8. The Morgan fingerprint density at radius 1 is 1.11 bits per heavy atom. The van der Waals surface area contributed by atoms with E-state index in [4.69, 9.17) is 22.4 Å². The van der Waals surface area contributed by atoms with E-state index >= 15 is 0 Å². The molecule has 3 nitrogen and oxygen atoms in total. The van der Waals surface area contributed by atoms with Crippen LogP contribution in [0, 0.1) is 0 Å². The van der Waals surface area contributed by atoms with E-state index in [0.717, 1.165) is 11.1 Å². The number of carboxylic acids is 1. The fourth-order valence-corrected chi connectivity index (χ4v) is 1.82. The third-order valence-electron chi connectivity index (χ3n) is 2.69. The Morgan fingerprint density at radius 3 is 2.39 bits per heavy atom. The van der Waals surface area contributed by atoms with Crippen molar-refractivity contribution < 1.29 is 9.90 Å². The van der Waals surface area contributed by atoms with Gasteiger partial charge in [0.05, 0.1) is 0 Å². The molecule has 0 unspecified atom stereocenters. The zero-order valence-corrected chi connectivity index (χ0v) is 10.3. The Labute approximate surface area is 110 Å². The predicted molar refractivity (Wildman–Crippen MR) is 71.5 cm³/mol. The quantitative estimate of drug-likeness (QED) is 0.892. The standard InChI is InChI=1S/C14H12ClNO2/c15-12-6-4-9(5-7-12)10-2-1-3-11(8-10)13(16)14(17)18/h1-8,13H,16H2,(H,17,18)/t13-/m0/s1. The molecular weight excluding hydrogens is 250 g/mol. The number of nitrogens with two attached hydrogens (primary N) is 1. The summed E-state index contributed by atoms with van der Waals surface area (Å²) in [4.78, 5) is 10.8. The topological polar surface area (TPSA) is 63.3 Å². The van der Waals surface area contributed by atoms with Gasteiger partial charge in [-0.15, -0.1) is 0 Å². The zero-order chi connectivity index (χ0) is 13.1. The second-order valence-corrected chi connectivity index (χ2v) is 4.38. The van der Waals surface area contributed by atoms with Crippen LogP contribution in [0.5, 0.6) is 0 Å². The first-order chi connectivity index (χ1) is 8.58. The first-order valence-corrected chi connectivity index (χ1v) is 5.80. The molecule has 0 radical (unpaired) electrons. The van der Waals surface area contributed by atoms with Gasteiger partial charge in [0.15, 0.2) is 0 Å². The minimum atomic E-state index is -1.04. The SMILES string of the molecule is N[C@H](C(=O)O)c1cccc(-c2ccc(Cl)cc2)c1. The van der Waals surface area contributed by atoms with Crippen LogP contribution < -0.4 is 5.73 Å². The van der Waals surface area contributed by atoms with E-state index in [1.807, 2.05) is 18.2 Å². The summed E-state index contributed by atoms with van der Waals surface area (Å²) >= 11 is 5.82. The Kier molecular flexibility index (Phi) is 3.65. The van der Waals surface area contributed by atoms with E-state index < -0.39 is 12.0 Å². The van der Waals surface area contributed by atoms with Crippen molar-refractivity contribution in [3.05, 3.63) is 59.1 Å². The maximum Gasteiger partial charge on any atom is 0.325 e. The highest BCUT2D eigenvalue weighted by molar-refractivity contribution is 6.30. The highest BCUT2D eigenvalue weighted by Crippen LogP contribution is 2.24. The molecule has 3 N–H and O–H groups in total.